The summed E-state index contributed by atoms with van der Waals surface area (Å²) in [4.78, 5) is 0. The number of hydrogen-bond acceptors (Lipinski definition) is 3. The molecule has 0 aromatic heterocycles. The van der Waals surface area contributed by atoms with Gasteiger partial charge in [0.2, 0.25) is 0 Å². The zero-order valence-corrected chi connectivity index (χ0v) is 7.29. The molecule has 0 heterocycles. The van der Waals surface area contributed by atoms with E-state index in [1.807, 2.05) is 0 Å². The molecule has 3 heteroatoms. The van der Waals surface area contributed by atoms with Gasteiger partial charge in [0.1, 0.15) is 0 Å². The molecule has 2 unspecified atom stereocenters. The number of aliphatic hydroxyl groups is 1. The first-order valence-corrected chi connectivity index (χ1v) is 4.34. The summed E-state index contributed by atoms with van der Waals surface area (Å²) in [5, 5.41) is 8.53. The number of rotatable bonds is 6. The molecule has 0 aromatic carbocycles. The van der Waals surface area contributed by atoms with E-state index in [2.05, 4.69) is 6.92 Å². The van der Waals surface area contributed by atoms with Gasteiger partial charge in [0.25, 0.3) is 0 Å². The number of nitrogens with two attached hydrogens (primary N) is 2. The van der Waals surface area contributed by atoms with Gasteiger partial charge in [0.15, 0.2) is 0 Å². The van der Waals surface area contributed by atoms with Crippen molar-refractivity contribution in [3.63, 3.8) is 0 Å². The minimum Gasteiger partial charge on any atom is -0.396 e. The van der Waals surface area contributed by atoms with Gasteiger partial charge in [-0.2, -0.15) is 0 Å². The quantitative estimate of drug-likeness (QED) is 0.520. The average Bonchev–Trinajstić information content (AvgIpc) is 2.00. The van der Waals surface area contributed by atoms with Crippen molar-refractivity contribution in [2.24, 2.45) is 11.5 Å². The van der Waals surface area contributed by atoms with Crippen molar-refractivity contribution < 1.29 is 5.11 Å². The minimum atomic E-state index is 0.0575. The molecule has 0 saturated carbocycles. The van der Waals surface area contributed by atoms with Crippen LogP contribution in [0.15, 0.2) is 0 Å². The van der Waals surface area contributed by atoms with Gasteiger partial charge in [-0.25, -0.2) is 0 Å². The van der Waals surface area contributed by atoms with Gasteiger partial charge < -0.3 is 16.6 Å². The Morgan fingerprint density at radius 3 is 2.18 bits per heavy atom. The predicted octanol–water partition coefficient (Wildman–Crippen LogP) is 0.214. The molecular formula is C8H20N2O. The summed E-state index contributed by atoms with van der Waals surface area (Å²) < 4.78 is 0. The summed E-state index contributed by atoms with van der Waals surface area (Å²) in [6.07, 6.45) is 3.65. The van der Waals surface area contributed by atoms with Crippen LogP contribution in [0.1, 0.15) is 32.6 Å². The lowest BCUT2D eigenvalue weighted by atomic mass is 10.0. The maximum atomic E-state index is 8.53. The fourth-order valence-corrected chi connectivity index (χ4v) is 1.09. The molecule has 0 aliphatic rings. The maximum absolute atomic E-state index is 8.53. The van der Waals surface area contributed by atoms with Crippen LogP contribution in [-0.4, -0.2) is 23.8 Å². The monoisotopic (exact) mass is 160 g/mol. The Hall–Kier alpha value is -0.120. The normalized spacial score (nSPS) is 16.4. The molecule has 11 heavy (non-hydrogen) atoms. The Balaban J connectivity index is 3.38. The van der Waals surface area contributed by atoms with E-state index in [9.17, 15) is 0 Å². The second-order valence-electron chi connectivity index (χ2n) is 2.98. The molecule has 0 rings (SSSR count). The molecule has 0 bridgehead atoms. The summed E-state index contributed by atoms with van der Waals surface area (Å²) in [6, 6.07) is 0.161. The van der Waals surface area contributed by atoms with E-state index < -0.39 is 0 Å². The maximum Gasteiger partial charge on any atom is 0.0431 e. The summed E-state index contributed by atoms with van der Waals surface area (Å²) in [7, 11) is 0. The van der Waals surface area contributed by atoms with Gasteiger partial charge in [0, 0.05) is 18.7 Å². The molecule has 68 valence electrons. The van der Waals surface area contributed by atoms with E-state index in [-0.39, 0.29) is 18.7 Å². The highest BCUT2D eigenvalue weighted by Crippen LogP contribution is 2.02. The highest BCUT2D eigenvalue weighted by atomic mass is 16.2. The van der Waals surface area contributed by atoms with Crippen molar-refractivity contribution in [1.82, 2.24) is 0 Å². The van der Waals surface area contributed by atoms with Crippen LogP contribution >= 0.6 is 0 Å². The zero-order chi connectivity index (χ0) is 8.69. The van der Waals surface area contributed by atoms with Crippen molar-refractivity contribution in [3.05, 3.63) is 0 Å². The van der Waals surface area contributed by atoms with Crippen LogP contribution in [0.25, 0.3) is 0 Å². The van der Waals surface area contributed by atoms with Gasteiger partial charge in [-0.05, 0) is 19.3 Å². The lowest BCUT2D eigenvalue weighted by Gasteiger charge is -2.18. The second kappa shape index (κ2) is 6.58. The van der Waals surface area contributed by atoms with Crippen molar-refractivity contribution in [1.29, 1.82) is 0 Å². The SMILES string of the molecule is CCCC(N)C(N)CCCO. The standard InChI is InChI=1S/C8H20N2O/c1-2-4-7(9)8(10)5-3-6-11/h7-8,11H,2-6,9-10H2,1H3. The molecule has 0 fully saturated rings. The van der Waals surface area contributed by atoms with Crippen LogP contribution in [0, 0.1) is 0 Å². The third-order valence-electron chi connectivity index (χ3n) is 1.87. The molecule has 0 amide bonds. The Bertz CT molecular complexity index is 88.2. The van der Waals surface area contributed by atoms with E-state index in [0.717, 1.165) is 25.7 Å². The first-order valence-electron chi connectivity index (χ1n) is 4.34. The van der Waals surface area contributed by atoms with Gasteiger partial charge in [-0.15, -0.1) is 0 Å². The molecule has 0 spiro atoms. The first-order chi connectivity index (χ1) is 5.22. The third kappa shape index (κ3) is 5.18. The zero-order valence-electron chi connectivity index (χ0n) is 7.29. The highest BCUT2D eigenvalue weighted by molar-refractivity contribution is 4.74. The molecule has 0 aliphatic carbocycles. The van der Waals surface area contributed by atoms with Gasteiger partial charge in [-0.1, -0.05) is 13.3 Å². The third-order valence-corrected chi connectivity index (χ3v) is 1.87. The molecule has 2 atom stereocenters. The largest absolute Gasteiger partial charge is 0.396 e. The van der Waals surface area contributed by atoms with Crippen molar-refractivity contribution in [2.45, 2.75) is 44.7 Å². The van der Waals surface area contributed by atoms with E-state index in [0.29, 0.717) is 0 Å². The Morgan fingerprint density at radius 1 is 1.18 bits per heavy atom. The molecule has 0 radical (unpaired) electrons. The number of aliphatic hydroxyl groups excluding tert-OH is 1. The summed E-state index contributed by atoms with van der Waals surface area (Å²) in [6.45, 7) is 2.31. The van der Waals surface area contributed by atoms with Crippen LogP contribution < -0.4 is 11.5 Å². The van der Waals surface area contributed by atoms with Crippen molar-refractivity contribution in [2.75, 3.05) is 6.61 Å². The molecular weight excluding hydrogens is 140 g/mol. The first kappa shape index (κ1) is 10.9. The van der Waals surface area contributed by atoms with Crippen LogP contribution in [0.5, 0.6) is 0 Å². The summed E-state index contributed by atoms with van der Waals surface area (Å²) in [5.74, 6) is 0. The number of hydrogen-bond donors (Lipinski definition) is 3. The Morgan fingerprint density at radius 2 is 1.73 bits per heavy atom. The highest BCUT2D eigenvalue weighted by Gasteiger charge is 2.10. The van der Waals surface area contributed by atoms with E-state index in [1.165, 1.54) is 0 Å². The van der Waals surface area contributed by atoms with Gasteiger partial charge in [-0.3, -0.25) is 0 Å². The summed E-state index contributed by atoms with van der Waals surface area (Å²) in [5.41, 5.74) is 11.5. The second-order valence-corrected chi connectivity index (χ2v) is 2.98. The molecule has 0 aromatic rings. The fourth-order valence-electron chi connectivity index (χ4n) is 1.09. The smallest absolute Gasteiger partial charge is 0.0431 e. The van der Waals surface area contributed by atoms with Crippen LogP contribution in [0.3, 0.4) is 0 Å². The molecule has 3 nitrogen and oxygen atoms in total. The Labute approximate surface area is 68.8 Å². The lowest BCUT2D eigenvalue weighted by molar-refractivity contribution is 0.275. The van der Waals surface area contributed by atoms with E-state index in [1.54, 1.807) is 0 Å². The molecule has 0 saturated heterocycles. The van der Waals surface area contributed by atoms with Crippen molar-refractivity contribution >= 4 is 0 Å². The van der Waals surface area contributed by atoms with Gasteiger partial charge >= 0.3 is 0 Å². The lowest BCUT2D eigenvalue weighted by Crippen LogP contribution is -2.41. The van der Waals surface area contributed by atoms with Crippen LogP contribution in [0.2, 0.25) is 0 Å². The fraction of sp³-hybridized carbons (Fsp3) is 1.00. The minimum absolute atomic E-state index is 0.0575. The van der Waals surface area contributed by atoms with Crippen LogP contribution in [0.4, 0.5) is 0 Å². The van der Waals surface area contributed by atoms with E-state index in [4.69, 9.17) is 16.6 Å². The predicted molar refractivity (Wildman–Crippen MR) is 47.2 cm³/mol. The van der Waals surface area contributed by atoms with Crippen LogP contribution in [-0.2, 0) is 0 Å². The van der Waals surface area contributed by atoms with Gasteiger partial charge in [0.05, 0.1) is 0 Å². The Kier molecular flexibility index (Phi) is 6.51. The topological polar surface area (TPSA) is 72.3 Å². The van der Waals surface area contributed by atoms with E-state index >= 15 is 0 Å². The molecule has 5 N–H and O–H groups in total. The van der Waals surface area contributed by atoms with Crippen molar-refractivity contribution in [3.8, 4) is 0 Å². The summed E-state index contributed by atoms with van der Waals surface area (Å²) >= 11 is 0. The average molecular weight is 160 g/mol. The molecule has 0 aliphatic heterocycles.